The first kappa shape index (κ1) is 20.9. The molecule has 0 saturated carbocycles. The third-order valence-electron chi connectivity index (χ3n) is 4.64. The van der Waals surface area contributed by atoms with E-state index in [0.717, 1.165) is 62.9 Å². The molecule has 0 aromatic carbocycles. The number of nitrogens with zero attached hydrogens (tertiary/aromatic N) is 1. The fraction of sp³-hybridized carbons (Fsp3) is 0.722. The third-order valence-corrected chi connectivity index (χ3v) is 5.86. The van der Waals surface area contributed by atoms with Gasteiger partial charge in [-0.25, -0.2) is 0 Å². The summed E-state index contributed by atoms with van der Waals surface area (Å²) in [6.45, 7) is 4.68. The molecule has 1 aromatic rings. The first-order chi connectivity index (χ1) is 11.8. The van der Waals surface area contributed by atoms with Crippen molar-refractivity contribution in [1.29, 1.82) is 0 Å². The van der Waals surface area contributed by atoms with E-state index in [0.29, 0.717) is 6.04 Å². The minimum Gasteiger partial charge on any atom is -0.469 e. The number of aliphatic imine (C=N–C) groups is 1. The van der Waals surface area contributed by atoms with Crippen LogP contribution < -0.4 is 10.6 Å². The zero-order valence-electron chi connectivity index (χ0n) is 15.0. The van der Waals surface area contributed by atoms with Crippen LogP contribution in [0.25, 0.3) is 0 Å². The van der Waals surface area contributed by atoms with Gasteiger partial charge in [-0.15, -0.1) is 24.0 Å². The zero-order chi connectivity index (χ0) is 16.7. The van der Waals surface area contributed by atoms with Gasteiger partial charge in [-0.2, -0.15) is 11.8 Å². The lowest BCUT2D eigenvalue weighted by atomic mass is 9.90. The summed E-state index contributed by atoms with van der Waals surface area (Å²) in [5.41, 5.74) is 0.102. The van der Waals surface area contributed by atoms with Crippen LogP contribution in [0, 0.1) is 0 Å². The maximum absolute atomic E-state index is 6.12. The molecule has 0 radical (unpaired) electrons. The molecule has 142 valence electrons. The van der Waals surface area contributed by atoms with Gasteiger partial charge in [-0.3, -0.25) is 4.99 Å². The molecule has 0 amide bonds. The van der Waals surface area contributed by atoms with Crippen LogP contribution in [-0.2, 0) is 11.2 Å². The van der Waals surface area contributed by atoms with Crippen molar-refractivity contribution >= 4 is 41.7 Å². The predicted molar refractivity (Wildman–Crippen MR) is 115 cm³/mol. The normalized spacial score (nSPS) is 26.4. The molecule has 25 heavy (non-hydrogen) atoms. The summed E-state index contributed by atoms with van der Waals surface area (Å²) in [5, 5.41) is 7.09. The van der Waals surface area contributed by atoms with Crippen molar-refractivity contribution in [3.05, 3.63) is 24.2 Å². The van der Waals surface area contributed by atoms with Crippen molar-refractivity contribution in [2.24, 2.45) is 4.99 Å². The van der Waals surface area contributed by atoms with Gasteiger partial charge in [0.15, 0.2) is 5.96 Å². The number of rotatable bonds is 6. The molecule has 2 N–H and O–H groups in total. The summed E-state index contributed by atoms with van der Waals surface area (Å²) in [5.74, 6) is 4.30. The van der Waals surface area contributed by atoms with Crippen LogP contribution in [0.4, 0.5) is 0 Å². The second kappa shape index (κ2) is 10.7. The Morgan fingerprint density at radius 3 is 3.12 bits per heavy atom. The number of nitrogens with one attached hydrogen (secondary N) is 2. The maximum atomic E-state index is 6.12. The van der Waals surface area contributed by atoms with E-state index in [1.165, 1.54) is 12.2 Å². The van der Waals surface area contributed by atoms with Gasteiger partial charge >= 0.3 is 0 Å². The minimum absolute atomic E-state index is 0. The van der Waals surface area contributed by atoms with Crippen LogP contribution in [0.3, 0.4) is 0 Å². The Balaban J connectivity index is 0.00000225. The number of furan rings is 1. The van der Waals surface area contributed by atoms with Gasteiger partial charge in [-0.1, -0.05) is 6.92 Å². The summed E-state index contributed by atoms with van der Waals surface area (Å²) >= 11 is 2.02. The lowest BCUT2D eigenvalue weighted by Gasteiger charge is -2.38. The van der Waals surface area contributed by atoms with E-state index in [1.807, 2.05) is 23.9 Å². The smallest absolute Gasteiger partial charge is 0.191 e. The SMILES string of the molecule is CCCN=C(NCCc1ccco1)NC1CCOC2(CCSC2)C1.I. The molecule has 2 aliphatic rings. The number of hydrogen-bond donors (Lipinski definition) is 2. The van der Waals surface area contributed by atoms with Crippen LogP contribution in [0.5, 0.6) is 0 Å². The molecule has 2 fully saturated rings. The lowest BCUT2D eigenvalue weighted by molar-refractivity contribution is -0.0679. The Morgan fingerprint density at radius 2 is 2.40 bits per heavy atom. The molecule has 2 atom stereocenters. The van der Waals surface area contributed by atoms with Gasteiger partial charge in [-0.05, 0) is 43.6 Å². The van der Waals surface area contributed by atoms with E-state index < -0.39 is 0 Å². The summed E-state index contributed by atoms with van der Waals surface area (Å²) in [6, 6.07) is 4.39. The highest BCUT2D eigenvalue weighted by molar-refractivity contribution is 14.0. The highest BCUT2D eigenvalue weighted by atomic mass is 127. The predicted octanol–water partition coefficient (Wildman–Crippen LogP) is 3.44. The van der Waals surface area contributed by atoms with Crippen molar-refractivity contribution < 1.29 is 9.15 Å². The molecular formula is C18H30IN3O2S. The number of halogens is 1. The Labute approximate surface area is 172 Å². The Kier molecular flexibility index (Phi) is 8.92. The van der Waals surface area contributed by atoms with Crippen molar-refractivity contribution in [3.8, 4) is 0 Å². The number of hydrogen-bond acceptors (Lipinski definition) is 4. The first-order valence-corrected chi connectivity index (χ1v) is 10.2. The summed E-state index contributed by atoms with van der Waals surface area (Å²) in [4.78, 5) is 4.69. The van der Waals surface area contributed by atoms with Gasteiger partial charge in [0.1, 0.15) is 5.76 Å². The minimum atomic E-state index is 0. The quantitative estimate of drug-likeness (QED) is 0.372. The number of thioether (sulfide) groups is 1. The van der Waals surface area contributed by atoms with E-state index in [1.54, 1.807) is 6.26 Å². The molecule has 2 aliphatic heterocycles. The van der Waals surface area contributed by atoms with Gasteiger partial charge in [0.25, 0.3) is 0 Å². The standard InChI is InChI=1S/C18H29N3O2S.HI/c1-2-8-19-17(20-9-5-16-4-3-10-22-16)21-15-6-11-23-18(13-15)7-12-24-14-18;/h3-4,10,15H,2,5-9,11-14H2,1H3,(H2,19,20,21);1H. The van der Waals surface area contributed by atoms with Crippen LogP contribution in [-0.4, -0.2) is 48.8 Å². The molecule has 2 unspecified atom stereocenters. The maximum Gasteiger partial charge on any atom is 0.191 e. The van der Waals surface area contributed by atoms with Gasteiger partial charge in [0.2, 0.25) is 0 Å². The van der Waals surface area contributed by atoms with Crippen LogP contribution in [0.2, 0.25) is 0 Å². The molecule has 2 saturated heterocycles. The van der Waals surface area contributed by atoms with Crippen molar-refractivity contribution in [1.82, 2.24) is 10.6 Å². The summed E-state index contributed by atoms with van der Waals surface area (Å²) < 4.78 is 11.5. The average molecular weight is 479 g/mol. The second-order valence-corrected chi connectivity index (χ2v) is 7.76. The van der Waals surface area contributed by atoms with Crippen molar-refractivity contribution in [2.75, 3.05) is 31.2 Å². The molecule has 3 heterocycles. The Hall–Kier alpha value is -0.410. The third kappa shape index (κ3) is 6.36. The fourth-order valence-electron chi connectivity index (χ4n) is 3.34. The van der Waals surface area contributed by atoms with Gasteiger partial charge in [0, 0.05) is 37.9 Å². The van der Waals surface area contributed by atoms with Crippen molar-refractivity contribution in [2.45, 2.75) is 50.7 Å². The second-order valence-electron chi connectivity index (χ2n) is 6.65. The average Bonchev–Trinajstić information content (AvgIpc) is 3.25. The molecule has 0 bridgehead atoms. The Morgan fingerprint density at radius 1 is 1.48 bits per heavy atom. The molecule has 1 aromatic heterocycles. The van der Waals surface area contributed by atoms with E-state index in [9.17, 15) is 0 Å². The van der Waals surface area contributed by atoms with E-state index in [2.05, 4.69) is 22.5 Å². The fourth-order valence-corrected chi connectivity index (χ4v) is 4.72. The zero-order valence-corrected chi connectivity index (χ0v) is 18.1. The molecule has 7 heteroatoms. The van der Waals surface area contributed by atoms with Crippen LogP contribution in [0.1, 0.15) is 38.4 Å². The molecule has 5 nitrogen and oxygen atoms in total. The number of ether oxygens (including phenoxy) is 1. The van der Waals surface area contributed by atoms with E-state index in [-0.39, 0.29) is 29.6 Å². The largest absolute Gasteiger partial charge is 0.469 e. The highest BCUT2D eigenvalue weighted by Crippen LogP contribution is 2.38. The monoisotopic (exact) mass is 479 g/mol. The summed E-state index contributed by atoms with van der Waals surface area (Å²) in [7, 11) is 0. The highest BCUT2D eigenvalue weighted by Gasteiger charge is 2.40. The Bertz CT molecular complexity index is 518. The molecular weight excluding hydrogens is 449 g/mol. The molecule has 0 aliphatic carbocycles. The number of guanidine groups is 1. The van der Waals surface area contributed by atoms with Crippen LogP contribution in [0.15, 0.2) is 27.8 Å². The van der Waals surface area contributed by atoms with E-state index >= 15 is 0 Å². The van der Waals surface area contributed by atoms with Crippen LogP contribution >= 0.6 is 35.7 Å². The van der Waals surface area contributed by atoms with Crippen molar-refractivity contribution in [3.63, 3.8) is 0 Å². The van der Waals surface area contributed by atoms with Gasteiger partial charge < -0.3 is 19.8 Å². The first-order valence-electron chi connectivity index (χ1n) is 9.09. The van der Waals surface area contributed by atoms with Gasteiger partial charge in [0.05, 0.1) is 11.9 Å². The van der Waals surface area contributed by atoms with E-state index in [4.69, 9.17) is 9.15 Å². The topological polar surface area (TPSA) is 58.8 Å². The lowest BCUT2D eigenvalue weighted by Crippen LogP contribution is -2.51. The summed E-state index contributed by atoms with van der Waals surface area (Å²) in [6.07, 6.45) is 6.97. The molecule has 3 rings (SSSR count). The molecule has 1 spiro atoms.